The number of carbonyl (C=O) groups excluding carboxylic acids is 1. The number of aryl methyl sites for hydroxylation is 1. The van der Waals surface area contributed by atoms with Crippen LogP contribution in [0.5, 0.6) is 0 Å². The molecule has 1 N–H and O–H groups in total. The molecule has 5 rings (SSSR count). The summed E-state index contributed by atoms with van der Waals surface area (Å²) in [6.07, 6.45) is 8.70. The predicted octanol–water partition coefficient (Wildman–Crippen LogP) is 2.87. The fourth-order valence-electron chi connectivity index (χ4n) is 3.60. The van der Waals surface area contributed by atoms with Crippen LogP contribution in [0.4, 0.5) is 4.39 Å². The standard InChI is InChI=1S/C23H20FN7O/c24-18-5-3-17(4-6-18)19-14-20-23-28-27-21(30(23)12-13-31(20)29-19)7-8-22(32)26-11-9-16-2-1-10-25-15-16/h1-6,10,12-15H,7-9,11H2,(H,26,32). The third-order valence-electron chi connectivity index (χ3n) is 5.26. The predicted molar refractivity (Wildman–Crippen MR) is 116 cm³/mol. The molecule has 4 heterocycles. The van der Waals surface area contributed by atoms with E-state index < -0.39 is 0 Å². The summed E-state index contributed by atoms with van der Waals surface area (Å²) in [5, 5.41) is 16.1. The number of benzene rings is 1. The van der Waals surface area contributed by atoms with Crippen molar-refractivity contribution in [3.05, 3.63) is 84.5 Å². The largest absolute Gasteiger partial charge is 0.356 e. The Bertz CT molecular complexity index is 1380. The van der Waals surface area contributed by atoms with Crippen LogP contribution >= 0.6 is 0 Å². The van der Waals surface area contributed by atoms with Gasteiger partial charge in [0.15, 0.2) is 5.65 Å². The van der Waals surface area contributed by atoms with E-state index in [2.05, 4.69) is 25.6 Å². The zero-order valence-corrected chi connectivity index (χ0v) is 17.1. The molecule has 0 unspecified atom stereocenters. The van der Waals surface area contributed by atoms with Crippen molar-refractivity contribution in [1.82, 2.24) is 34.5 Å². The molecular formula is C23H20FN7O. The molecule has 0 aliphatic carbocycles. The second-order valence-corrected chi connectivity index (χ2v) is 7.44. The monoisotopic (exact) mass is 429 g/mol. The Morgan fingerprint density at radius 3 is 2.75 bits per heavy atom. The Kier molecular flexibility index (Phi) is 5.29. The first kappa shape index (κ1) is 19.8. The van der Waals surface area contributed by atoms with Crippen molar-refractivity contribution in [3.63, 3.8) is 0 Å². The molecule has 5 aromatic rings. The van der Waals surface area contributed by atoms with E-state index in [0.29, 0.717) is 30.9 Å². The minimum absolute atomic E-state index is 0.0327. The van der Waals surface area contributed by atoms with Crippen LogP contribution in [0.2, 0.25) is 0 Å². The third kappa shape index (κ3) is 4.04. The van der Waals surface area contributed by atoms with E-state index in [-0.39, 0.29) is 11.7 Å². The number of nitrogens with zero attached hydrogens (tertiary/aromatic N) is 6. The van der Waals surface area contributed by atoms with Crippen molar-refractivity contribution < 1.29 is 9.18 Å². The smallest absolute Gasteiger partial charge is 0.220 e. The SMILES string of the molecule is O=C(CCc1nnc2c3cc(-c4ccc(F)cc4)nn3ccn12)NCCc1cccnc1. The van der Waals surface area contributed by atoms with E-state index >= 15 is 0 Å². The van der Waals surface area contributed by atoms with Gasteiger partial charge in [0.05, 0.1) is 5.69 Å². The third-order valence-corrected chi connectivity index (χ3v) is 5.26. The van der Waals surface area contributed by atoms with Crippen molar-refractivity contribution in [2.45, 2.75) is 19.3 Å². The van der Waals surface area contributed by atoms with E-state index in [4.69, 9.17) is 0 Å². The number of rotatable bonds is 7. The molecule has 32 heavy (non-hydrogen) atoms. The minimum atomic E-state index is -0.289. The molecule has 0 bridgehead atoms. The van der Waals surface area contributed by atoms with E-state index in [1.807, 2.05) is 35.0 Å². The topological polar surface area (TPSA) is 89.5 Å². The number of fused-ring (bicyclic) bond motifs is 3. The minimum Gasteiger partial charge on any atom is -0.356 e. The fraction of sp³-hybridized carbons (Fsp3) is 0.174. The van der Waals surface area contributed by atoms with E-state index in [9.17, 15) is 9.18 Å². The van der Waals surface area contributed by atoms with Gasteiger partial charge in [0.25, 0.3) is 0 Å². The van der Waals surface area contributed by atoms with Gasteiger partial charge in [-0.1, -0.05) is 6.07 Å². The van der Waals surface area contributed by atoms with Crippen LogP contribution in [0.3, 0.4) is 0 Å². The molecule has 0 atom stereocenters. The van der Waals surface area contributed by atoms with Crippen LogP contribution in [0.1, 0.15) is 17.8 Å². The molecule has 160 valence electrons. The van der Waals surface area contributed by atoms with Crippen LogP contribution in [-0.4, -0.2) is 41.6 Å². The van der Waals surface area contributed by atoms with Gasteiger partial charge in [0.1, 0.15) is 17.2 Å². The Labute approximate surface area is 182 Å². The number of hydrogen-bond acceptors (Lipinski definition) is 5. The second-order valence-electron chi connectivity index (χ2n) is 7.44. The summed E-state index contributed by atoms with van der Waals surface area (Å²) in [7, 11) is 0. The summed E-state index contributed by atoms with van der Waals surface area (Å²) < 4.78 is 16.8. The van der Waals surface area contributed by atoms with Crippen LogP contribution in [0.15, 0.2) is 67.3 Å². The lowest BCUT2D eigenvalue weighted by atomic mass is 10.1. The number of halogens is 1. The molecule has 9 heteroatoms. The highest BCUT2D eigenvalue weighted by Crippen LogP contribution is 2.22. The molecular weight excluding hydrogens is 409 g/mol. The average molecular weight is 429 g/mol. The second kappa shape index (κ2) is 8.54. The lowest BCUT2D eigenvalue weighted by Crippen LogP contribution is -2.26. The van der Waals surface area contributed by atoms with Crippen molar-refractivity contribution in [2.75, 3.05) is 6.54 Å². The first-order valence-corrected chi connectivity index (χ1v) is 10.3. The molecule has 1 aromatic carbocycles. The number of amides is 1. The van der Waals surface area contributed by atoms with Crippen LogP contribution < -0.4 is 5.32 Å². The van der Waals surface area contributed by atoms with Gasteiger partial charge in [-0.25, -0.2) is 8.91 Å². The summed E-state index contributed by atoms with van der Waals surface area (Å²) in [6, 6.07) is 12.0. The quantitative estimate of drug-likeness (QED) is 0.430. The van der Waals surface area contributed by atoms with Gasteiger partial charge in [-0.2, -0.15) is 5.10 Å². The van der Waals surface area contributed by atoms with Crippen LogP contribution in [0.25, 0.3) is 22.4 Å². The highest BCUT2D eigenvalue weighted by molar-refractivity contribution is 5.77. The van der Waals surface area contributed by atoms with Gasteiger partial charge in [-0.3, -0.25) is 14.2 Å². The van der Waals surface area contributed by atoms with Crippen molar-refractivity contribution in [2.24, 2.45) is 0 Å². The number of pyridine rings is 1. The zero-order chi connectivity index (χ0) is 21.9. The van der Waals surface area contributed by atoms with E-state index in [1.54, 1.807) is 29.0 Å². The first-order chi connectivity index (χ1) is 15.7. The Balaban J connectivity index is 1.27. The number of aromatic nitrogens is 6. The maximum atomic E-state index is 13.2. The highest BCUT2D eigenvalue weighted by atomic mass is 19.1. The van der Waals surface area contributed by atoms with Gasteiger partial charge >= 0.3 is 0 Å². The van der Waals surface area contributed by atoms with Crippen molar-refractivity contribution in [3.8, 4) is 11.3 Å². The summed E-state index contributed by atoms with van der Waals surface area (Å²) in [5.41, 5.74) is 4.06. The molecule has 0 saturated heterocycles. The molecule has 8 nitrogen and oxygen atoms in total. The van der Waals surface area contributed by atoms with Gasteiger partial charge in [-0.15, -0.1) is 10.2 Å². The fourth-order valence-corrected chi connectivity index (χ4v) is 3.60. The summed E-state index contributed by atoms with van der Waals surface area (Å²) in [5.74, 6) is 0.382. The van der Waals surface area contributed by atoms with Gasteiger partial charge in [-0.05, 0) is 48.4 Å². The highest BCUT2D eigenvalue weighted by Gasteiger charge is 2.13. The molecule has 0 radical (unpaired) electrons. The van der Waals surface area contributed by atoms with Gasteiger partial charge < -0.3 is 5.32 Å². The van der Waals surface area contributed by atoms with Crippen molar-refractivity contribution in [1.29, 1.82) is 0 Å². The zero-order valence-electron chi connectivity index (χ0n) is 17.1. The van der Waals surface area contributed by atoms with E-state index in [1.165, 1.54) is 12.1 Å². The lowest BCUT2D eigenvalue weighted by molar-refractivity contribution is -0.121. The Morgan fingerprint density at radius 1 is 1.06 bits per heavy atom. The number of carbonyl (C=O) groups is 1. The first-order valence-electron chi connectivity index (χ1n) is 10.3. The molecule has 0 fully saturated rings. The van der Waals surface area contributed by atoms with Gasteiger partial charge in [0.2, 0.25) is 5.91 Å². The molecule has 0 spiro atoms. The average Bonchev–Trinajstić information content (AvgIpc) is 3.43. The van der Waals surface area contributed by atoms with Gasteiger partial charge in [0, 0.05) is 49.7 Å². The number of nitrogens with one attached hydrogen (secondary N) is 1. The molecule has 1 amide bonds. The summed E-state index contributed by atoms with van der Waals surface area (Å²) in [6.45, 7) is 0.563. The maximum absolute atomic E-state index is 13.2. The molecule has 0 aliphatic rings. The summed E-state index contributed by atoms with van der Waals surface area (Å²) >= 11 is 0. The molecule has 4 aromatic heterocycles. The lowest BCUT2D eigenvalue weighted by Gasteiger charge is -2.05. The summed E-state index contributed by atoms with van der Waals surface area (Å²) in [4.78, 5) is 16.3. The normalized spacial score (nSPS) is 11.3. The van der Waals surface area contributed by atoms with Crippen LogP contribution in [-0.2, 0) is 17.6 Å². The Hall–Kier alpha value is -4.14. The van der Waals surface area contributed by atoms with Crippen molar-refractivity contribution >= 4 is 17.1 Å². The number of hydrogen-bond donors (Lipinski definition) is 1. The molecule has 0 saturated carbocycles. The van der Waals surface area contributed by atoms with E-state index in [0.717, 1.165) is 28.8 Å². The Morgan fingerprint density at radius 2 is 1.94 bits per heavy atom. The van der Waals surface area contributed by atoms with Crippen LogP contribution in [0, 0.1) is 5.82 Å². The molecule has 0 aliphatic heterocycles. The maximum Gasteiger partial charge on any atom is 0.220 e.